The Labute approximate surface area is 218 Å². The minimum Gasteiger partial charge on any atom is -0.481 e. The molecule has 37 heavy (non-hydrogen) atoms. The van der Waals surface area contributed by atoms with Crippen LogP contribution in [-0.4, -0.2) is 33.1 Å². The van der Waals surface area contributed by atoms with Gasteiger partial charge in [-0.15, -0.1) is 0 Å². The minimum atomic E-state index is -1.11. The summed E-state index contributed by atoms with van der Waals surface area (Å²) in [6, 6.07) is 2.96. The van der Waals surface area contributed by atoms with Gasteiger partial charge in [0.15, 0.2) is 11.6 Å². The molecule has 2 aliphatic rings. The zero-order valence-corrected chi connectivity index (χ0v) is 21.3. The van der Waals surface area contributed by atoms with Crippen LogP contribution in [0.4, 0.5) is 14.5 Å². The molecule has 0 spiro atoms. The molecule has 10 heteroatoms. The Morgan fingerprint density at radius 3 is 2.51 bits per heavy atom. The average molecular weight is 535 g/mol. The lowest BCUT2D eigenvalue weighted by Gasteiger charge is -2.36. The maximum atomic E-state index is 13.6. The lowest BCUT2D eigenvalue weighted by atomic mass is 9.68. The number of anilines is 1. The second-order valence-electron chi connectivity index (χ2n) is 10.4. The average Bonchev–Trinajstić information content (AvgIpc) is 3.40. The van der Waals surface area contributed by atoms with Gasteiger partial charge in [0.05, 0.1) is 10.6 Å². The lowest BCUT2D eigenvalue weighted by molar-refractivity contribution is -0.137. The summed E-state index contributed by atoms with van der Waals surface area (Å²) < 4.78 is 28.4. The van der Waals surface area contributed by atoms with Gasteiger partial charge in [-0.3, -0.25) is 19.2 Å². The number of aliphatic carboxylic acids is 1. The number of benzene rings is 1. The van der Waals surface area contributed by atoms with Crippen molar-refractivity contribution >= 4 is 40.7 Å². The van der Waals surface area contributed by atoms with Crippen LogP contribution in [0.3, 0.4) is 0 Å². The lowest BCUT2D eigenvalue weighted by Crippen LogP contribution is -2.31. The van der Waals surface area contributed by atoms with E-state index in [0.717, 1.165) is 37.8 Å². The molecule has 1 fully saturated rings. The number of aromatic nitrogens is 1. The summed E-state index contributed by atoms with van der Waals surface area (Å²) in [6.07, 6.45) is 4.99. The monoisotopic (exact) mass is 534 g/mol. The Hall–Kier alpha value is -3.07. The van der Waals surface area contributed by atoms with Crippen LogP contribution in [0.15, 0.2) is 18.2 Å². The summed E-state index contributed by atoms with van der Waals surface area (Å²) in [7, 11) is 0. The van der Waals surface area contributed by atoms with Crippen LogP contribution in [0.2, 0.25) is 5.02 Å². The number of carboxylic acid groups (broad SMARTS) is 1. The molecule has 0 saturated heterocycles. The molecule has 2 N–H and O–H groups in total. The van der Waals surface area contributed by atoms with Gasteiger partial charge in [0.2, 0.25) is 11.6 Å². The Balaban J connectivity index is 1.49. The second kappa shape index (κ2) is 10.7. The minimum absolute atomic E-state index is 0.00616. The van der Waals surface area contributed by atoms with E-state index in [9.17, 15) is 28.0 Å². The van der Waals surface area contributed by atoms with Crippen molar-refractivity contribution in [2.45, 2.75) is 71.3 Å². The summed E-state index contributed by atoms with van der Waals surface area (Å²) in [5, 5.41) is 11.3. The van der Waals surface area contributed by atoms with Crippen molar-refractivity contribution in [1.82, 2.24) is 4.57 Å². The number of ketones is 2. The number of amides is 1. The number of hydrogen-bond acceptors (Lipinski definition) is 4. The van der Waals surface area contributed by atoms with E-state index >= 15 is 0 Å². The third kappa shape index (κ3) is 5.76. The van der Waals surface area contributed by atoms with Crippen LogP contribution < -0.4 is 5.32 Å². The number of carbonyl (C=O) groups is 4. The normalized spacial score (nSPS) is 20.9. The first-order chi connectivity index (χ1) is 17.5. The smallest absolute Gasteiger partial charge is 0.303 e. The first kappa shape index (κ1) is 27.0. The van der Waals surface area contributed by atoms with E-state index in [1.807, 2.05) is 6.92 Å². The van der Waals surface area contributed by atoms with Gasteiger partial charge in [-0.2, -0.15) is 0 Å². The van der Waals surface area contributed by atoms with Gasteiger partial charge >= 0.3 is 5.97 Å². The van der Waals surface area contributed by atoms with Gasteiger partial charge in [0, 0.05) is 36.8 Å². The van der Waals surface area contributed by atoms with E-state index in [4.69, 9.17) is 16.7 Å². The molecule has 2 heterocycles. The zero-order chi connectivity index (χ0) is 26.9. The maximum Gasteiger partial charge on any atom is 0.303 e. The molecule has 1 saturated carbocycles. The maximum absolute atomic E-state index is 13.6. The zero-order valence-electron chi connectivity index (χ0n) is 20.5. The Bertz CT molecular complexity index is 1260. The number of rotatable bonds is 9. The van der Waals surface area contributed by atoms with Crippen LogP contribution in [0, 0.1) is 23.0 Å². The highest BCUT2D eigenvalue weighted by atomic mass is 35.5. The molecule has 2 aromatic rings. The number of nitrogens with zero attached hydrogens (tertiary/aromatic N) is 1. The molecule has 0 radical (unpaired) electrons. The van der Waals surface area contributed by atoms with Gasteiger partial charge in [-0.05, 0) is 68.4 Å². The Morgan fingerprint density at radius 2 is 1.86 bits per heavy atom. The third-order valence-electron chi connectivity index (χ3n) is 7.65. The predicted molar refractivity (Wildman–Crippen MR) is 133 cm³/mol. The van der Waals surface area contributed by atoms with Crippen LogP contribution in [0.1, 0.15) is 84.8 Å². The molecule has 1 aromatic heterocycles. The number of nitrogens with one attached hydrogen (secondary N) is 1. The number of carboxylic acids is 1. The van der Waals surface area contributed by atoms with Gasteiger partial charge in [-0.1, -0.05) is 18.5 Å². The highest BCUT2D eigenvalue weighted by molar-refractivity contribution is 6.48. The highest BCUT2D eigenvalue weighted by Crippen LogP contribution is 2.43. The van der Waals surface area contributed by atoms with Gasteiger partial charge < -0.3 is 15.0 Å². The third-order valence-corrected chi connectivity index (χ3v) is 8.01. The fourth-order valence-corrected chi connectivity index (χ4v) is 5.92. The van der Waals surface area contributed by atoms with E-state index in [1.165, 1.54) is 6.07 Å². The van der Waals surface area contributed by atoms with Crippen LogP contribution in [0.5, 0.6) is 0 Å². The van der Waals surface area contributed by atoms with Crippen molar-refractivity contribution in [1.29, 1.82) is 0 Å². The molecular weight excluding hydrogens is 506 g/mol. The van der Waals surface area contributed by atoms with Gasteiger partial charge in [0.25, 0.3) is 5.91 Å². The number of fused-ring (bicyclic) bond motifs is 1. The van der Waals surface area contributed by atoms with Crippen molar-refractivity contribution in [3.8, 4) is 0 Å². The molecule has 1 aliphatic heterocycles. The fourth-order valence-electron chi connectivity index (χ4n) is 5.53. The molecule has 4 rings (SSSR count). The summed E-state index contributed by atoms with van der Waals surface area (Å²) >= 11 is 6.52. The van der Waals surface area contributed by atoms with Crippen LogP contribution in [-0.2, 0) is 22.6 Å². The van der Waals surface area contributed by atoms with Crippen LogP contribution >= 0.6 is 11.6 Å². The van der Waals surface area contributed by atoms with E-state index in [2.05, 4.69) is 5.32 Å². The SMILES string of the molecule is CC1(CC(=O)C(=O)c2c(Cl)c(C(=O)Nc3ccc(F)c(F)c3)c3n2CCC3)CCC(CCC(=O)O)CC1. The van der Waals surface area contributed by atoms with E-state index in [1.54, 1.807) is 4.57 Å². The van der Waals surface area contributed by atoms with Gasteiger partial charge in [0.1, 0.15) is 5.69 Å². The van der Waals surface area contributed by atoms with Crippen molar-refractivity contribution in [3.63, 3.8) is 0 Å². The summed E-state index contributed by atoms with van der Waals surface area (Å²) in [5.74, 6) is -4.66. The molecule has 1 aromatic carbocycles. The quantitative estimate of drug-likeness (QED) is 0.311. The molecule has 198 valence electrons. The van der Waals surface area contributed by atoms with Crippen molar-refractivity contribution in [2.75, 3.05) is 5.32 Å². The number of Topliss-reactive ketones (excluding diaryl/α,β-unsaturated/α-hetero) is 2. The molecule has 0 bridgehead atoms. The van der Waals surface area contributed by atoms with Crippen LogP contribution in [0.25, 0.3) is 0 Å². The molecule has 1 amide bonds. The summed E-state index contributed by atoms with van der Waals surface area (Å²) in [4.78, 5) is 50.3. The number of halogens is 3. The van der Waals surface area contributed by atoms with E-state index in [0.29, 0.717) is 37.4 Å². The molecule has 1 aliphatic carbocycles. The van der Waals surface area contributed by atoms with Crippen molar-refractivity contribution in [3.05, 3.63) is 51.8 Å². The standard InChI is InChI=1S/C27H29ClF2N2O5/c1-27(10-8-15(9-11-27)4-7-21(34)35)14-20(33)25(36)24-23(28)22(19-3-2-12-32(19)24)26(37)31-16-5-6-17(29)18(30)13-16/h5-6,13,15H,2-4,7-12,14H2,1H3,(H,31,37)(H,34,35). The van der Waals surface area contributed by atoms with Gasteiger partial charge in [-0.25, -0.2) is 8.78 Å². The molecule has 7 nitrogen and oxygen atoms in total. The fraction of sp³-hybridized carbons (Fsp3) is 0.481. The largest absolute Gasteiger partial charge is 0.481 e. The Kier molecular flexibility index (Phi) is 7.83. The summed E-state index contributed by atoms with van der Waals surface area (Å²) in [5.41, 5.74) is 0.255. The first-order valence-corrected chi connectivity index (χ1v) is 12.8. The number of hydrogen-bond donors (Lipinski definition) is 2. The first-order valence-electron chi connectivity index (χ1n) is 12.5. The molecule has 0 atom stereocenters. The van der Waals surface area contributed by atoms with E-state index in [-0.39, 0.29) is 40.2 Å². The summed E-state index contributed by atoms with van der Waals surface area (Å²) in [6.45, 7) is 2.40. The predicted octanol–water partition coefficient (Wildman–Crippen LogP) is 5.82. The highest BCUT2D eigenvalue weighted by Gasteiger charge is 2.38. The van der Waals surface area contributed by atoms with E-state index < -0.39 is 35.1 Å². The Morgan fingerprint density at radius 1 is 1.16 bits per heavy atom. The number of carbonyl (C=O) groups excluding carboxylic acids is 3. The molecule has 0 unspecified atom stereocenters. The topological polar surface area (TPSA) is 105 Å². The second-order valence-corrected chi connectivity index (χ2v) is 10.8. The van der Waals surface area contributed by atoms with Crippen molar-refractivity contribution in [2.24, 2.45) is 11.3 Å². The van der Waals surface area contributed by atoms with Crippen molar-refractivity contribution < 1.29 is 33.1 Å². The molecular formula is C27H29ClF2N2O5.